The van der Waals surface area contributed by atoms with Gasteiger partial charge in [0, 0.05) is 6.42 Å². The van der Waals surface area contributed by atoms with E-state index < -0.39 is 21.7 Å². The van der Waals surface area contributed by atoms with Crippen LogP contribution in [0.4, 0.5) is 0 Å². The molecule has 0 bridgehead atoms. The molecule has 0 aliphatic carbocycles. The van der Waals surface area contributed by atoms with E-state index in [1.165, 1.54) is 0 Å². The average molecular weight is 485 g/mol. The summed E-state index contributed by atoms with van der Waals surface area (Å²) in [6.07, 6.45) is 2.65. The van der Waals surface area contributed by atoms with Gasteiger partial charge in [-0.25, -0.2) is 0 Å². The first-order valence-corrected chi connectivity index (χ1v) is 17.7. The molecule has 1 N–H and O–H groups in total. The van der Waals surface area contributed by atoms with E-state index in [9.17, 15) is 5.11 Å². The molecule has 0 amide bonds. The summed E-state index contributed by atoms with van der Waals surface area (Å²) < 4.78 is 0. The van der Waals surface area contributed by atoms with Crippen LogP contribution < -0.4 is 0 Å². The molecule has 0 heterocycles. The molecule has 0 aliphatic rings. The first kappa shape index (κ1) is 29.9. The van der Waals surface area contributed by atoms with Crippen molar-refractivity contribution in [3.05, 3.63) is 47.7 Å². The molecule has 0 aromatic heterocycles. The lowest BCUT2D eigenvalue weighted by Gasteiger charge is -2.41. The zero-order chi connectivity index (χ0) is 25.6. The second-order valence-corrected chi connectivity index (χ2v) is 23.4. The van der Waals surface area contributed by atoms with Gasteiger partial charge in [0.05, 0.1) is 8.07 Å². The minimum absolute atomic E-state index is 0.537. The Hall–Kier alpha value is -1.09. The molecular formula is C30H52OSi2. The maximum Gasteiger partial charge on any atom is 0.147 e. The molecule has 1 aromatic carbocycles. The summed E-state index contributed by atoms with van der Waals surface area (Å²) in [6, 6.07) is 10.4. The summed E-state index contributed by atoms with van der Waals surface area (Å²) in [5.74, 6) is 3.52. The summed E-state index contributed by atoms with van der Waals surface area (Å²) in [5.41, 5.74) is 9.73. The molecule has 0 aliphatic heterocycles. The Morgan fingerprint density at radius 1 is 0.727 bits per heavy atom. The monoisotopic (exact) mass is 484 g/mol. The molecule has 1 rings (SSSR count). The zero-order valence-electron chi connectivity index (χ0n) is 23.7. The highest BCUT2D eigenvalue weighted by Crippen LogP contribution is 2.43. The molecule has 1 atom stereocenters. The van der Waals surface area contributed by atoms with Gasteiger partial charge >= 0.3 is 0 Å². The van der Waals surface area contributed by atoms with E-state index in [4.69, 9.17) is 0 Å². The molecule has 0 radical (unpaired) electrons. The number of hydrogen-bond acceptors (Lipinski definition) is 1. The lowest BCUT2D eigenvalue weighted by Crippen LogP contribution is -2.45. The summed E-state index contributed by atoms with van der Waals surface area (Å²) in [6.45, 7) is 28.2. The van der Waals surface area contributed by atoms with Gasteiger partial charge in [-0.15, -0.1) is 5.54 Å². The molecule has 1 unspecified atom stereocenters. The number of benzene rings is 1. The fourth-order valence-electron chi connectivity index (χ4n) is 6.56. The van der Waals surface area contributed by atoms with Crippen molar-refractivity contribution in [3.8, 4) is 11.5 Å². The predicted octanol–water partition coefficient (Wildman–Crippen LogP) is 8.96. The van der Waals surface area contributed by atoms with Crippen LogP contribution in [0.5, 0.6) is 0 Å². The third-order valence-electron chi connectivity index (χ3n) is 8.33. The van der Waals surface area contributed by atoms with Crippen LogP contribution in [0, 0.1) is 11.5 Å². The van der Waals surface area contributed by atoms with Gasteiger partial charge in [-0.05, 0) is 44.9 Å². The van der Waals surface area contributed by atoms with Crippen LogP contribution in [-0.4, -0.2) is 26.9 Å². The first-order chi connectivity index (χ1) is 15.2. The van der Waals surface area contributed by atoms with Gasteiger partial charge in [0.1, 0.15) is 13.7 Å². The summed E-state index contributed by atoms with van der Waals surface area (Å²) >= 11 is 0. The lowest BCUT2D eigenvalue weighted by atomic mass is 9.95. The molecule has 1 nitrogen and oxygen atoms in total. The van der Waals surface area contributed by atoms with Crippen molar-refractivity contribution in [1.29, 1.82) is 0 Å². The molecule has 0 fully saturated rings. The van der Waals surface area contributed by atoms with Crippen LogP contribution in [-0.2, 0) is 6.42 Å². The van der Waals surface area contributed by atoms with Crippen molar-refractivity contribution < 1.29 is 5.11 Å². The Balaban J connectivity index is 3.71. The highest BCUT2D eigenvalue weighted by Gasteiger charge is 2.43. The number of hydrogen-bond donors (Lipinski definition) is 1. The van der Waals surface area contributed by atoms with Crippen molar-refractivity contribution >= 4 is 16.1 Å². The third-order valence-corrected chi connectivity index (χ3v) is 21.4. The van der Waals surface area contributed by atoms with E-state index in [1.807, 2.05) is 6.07 Å². The molecule has 0 spiro atoms. The van der Waals surface area contributed by atoms with Crippen LogP contribution in [0.3, 0.4) is 0 Å². The van der Waals surface area contributed by atoms with Gasteiger partial charge in [0.15, 0.2) is 0 Å². The van der Waals surface area contributed by atoms with Crippen LogP contribution in [0.1, 0.15) is 88.6 Å². The number of rotatable bonds is 10. The predicted molar refractivity (Wildman–Crippen MR) is 154 cm³/mol. The third kappa shape index (κ3) is 6.74. The van der Waals surface area contributed by atoms with Gasteiger partial charge in [-0.1, -0.05) is 125 Å². The highest BCUT2D eigenvalue weighted by molar-refractivity contribution is 6.90. The van der Waals surface area contributed by atoms with Crippen molar-refractivity contribution in [2.45, 2.75) is 128 Å². The zero-order valence-corrected chi connectivity index (χ0v) is 25.7. The Morgan fingerprint density at radius 3 is 1.52 bits per heavy atom. The first-order valence-electron chi connectivity index (χ1n) is 13.2. The van der Waals surface area contributed by atoms with E-state index in [-0.39, 0.29) is 0 Å². The van der Waals surface area contributed by atoms with Gasteiger partial charge in [-0.2, -0.15) is 0 Å². The van der Waals surface area contributed by atoms with Gasteiger partial charge in [0.2, 0.25) is 0 Å². The minimum Gasteiger partial charge on any atom is -0.374 e. The SMILES string of the molecule is CC(C)[Si](C#CC(O)(C=C[Si](C(C)C)(C(C)C)C(C)C)Cc1ccccc1)(C(C)C)C(C)C. The van der Waals surface area contributed by atoms with Gasteiger partial charge in [-0.3, -0.25) is 0 Å². The van der Waals surface area contributed by atoms with Crippen molar-refractivity contribution in [2.75, 3.05) is 0 Å². The van der Waals surface area contributed by atoms with E-state index in [0.717, 1.165) is 5.56 Å². The van der Waals surface area contributed by atoms with Crippen LogP contribution in [0.2, 0.25) is 33.2 Å². The maximum absolute atomic E-state index is 12.1. The smallest absolute Gasteiger partial charge is 0.147 e. The van der Waals surface area contributed by atoms with Crippen molar-refractivity contribution in [3.63, 3.8) is 0 Å². The normalized spacial score (nSPS) is 15.2. The van der Waals surface area contributed by atoms with Crippen molar-refractivity contribution in [1.82, 2.24) is 0 Å². The van der Waals surface area contributed by atoms with E-state index in [0.29, 0.717) is 39.7 Å². The van der Waals surface area contributed by atoms with E-state index in [2.05, 4.69) is 131 Å². The largest absolute Gasteiger partial charge is 0.374 e. The Bertz CT molecular complexity index is 765. The molecule has 0 saturated heterocycles. The molecule has 0 saturated carbocycles. The standard InChI is InChI=1S/C30H52OSi2/c1-23(2)32(24(3)4,25(5)6)20-18-30(31,22-29-16-14-13-15-17-29)19-21-33(26(7)8,27(9)10)28(11)12/h13-18,20,23-28,31H,22H2,1-12H3. The topological polar surface area (TPSA) is 20.2 Å². The van der Waals surface area contributed by atoms with Gasteiger partial charge in [0.25, 0.3) is 0 Å². The summed E-state index contributed by atoms with van der Waals surface area (Å²) in [4.78, 5) is 0. The lowest BCUT2D eigenvalue weighted by molar-refractivity contribution is 0.153. The van der Waals surface area contributed by atoms with Crippen LogP contribution in [0.15, 0.2) is 42.1 Å². The fourth-order valence-corrected chi connectivity index (χ4v) is 17.6. The van der Waals surface area contributed by atoms with E-state index in [1.54, 1.807) is 0 Å². The Labute approximate surface area is 208 Å². The fraction of sp³-hybridized carbons (Fsp3) is 0.667. The average Bonchev–Trinajstić information content (AvgIpc) is 2.68. The molecule has 186 valence electrons. The minimum atomic E-state index is -1.94. The molecular weight excluding hydrogens is 433 g/mol. The van der Waals surface area contributed by atoms with Crippen LogP contribution in [0.25, 0.3) is 0 Å². The Morgan fingerprint density at radius 2 is 1.15 bits per heavy atom. The Kier molecular flexibility index (Phi) is 10.9. The quantitative estimate of drug-likeness (QED) is 0.259. The molecule has 33 heavy (non-hydrogen) atoms. The maximum atomic E-state index is 12.1. The number of aliphatic hydroxyl groups is 1. The highest BCUT2D eigenvalue weighted by atomic mass is 28.3. The summed E-state index contributed by atoms with van der Waals surface area (Å²) in [7, 11) is -3.73. The second-order valence-electron chi connectivity index (χ2n) is 12.0. The molecule has 3 heteroatoms. The van der Waals surface area contributed by atoms with E-state index >= 15 is 0 Å². The second kappa shape index (κ2) is 12.0. The van der Waals surface area contributed by atoms with Crippen LogP contribution >= 0.6 is 0 Å². The van der Waals surface area contributed by atoms with Gasteiger partial charge < -0.3 is 5.11 Å². The molecule has 1 aromatic rings. The van der Waals surface area contributed by atoms with Crippen molar-refractivity contribution in [2.24, 2.45) is 0 Å². The summed E-state index contributed by atoms with van der Waals surface area (Å²) in [5, 5.41) is 12.1.